The molecule has 1 saturated heterocycles. The molecule has 2 rings (SSSR count). The normalized spacial score (nSPS) is 18.0. The van der Waals surface area contributed by atoms with Gasteiger partial charge in [-0.05, 0) is 36.1 Å². The van der Waals surface area contributed by atoms with E-state index in [1.807, 2.05) is 24.0 Å². The molecule has 1 aromatic rings. The molecule has 1 amide bonds. The summed E-state index contributed by atoms with van der Waals surface area (Å²) in [4.78, 5) is 25.1. The molecule has 0 aromatic heterocycles. The van der Waals surface area contributed by atoms with Crippen molar-refractivity contribution < 1.29 is 14.7 Å². The van der Waals surface area contributed by atoms with E-state index in [1.165, 1.54) is 0 Å². The zero-order chi connectivity index (χ0) is 15.2. The van der Waals surface area contributed by atoms with Crippen LogP contribution in [0.4, 0.5) is 0 Å². The Kier molecular flexibility index (Phi) is 5.67. The number of thioether (sulfide) groups is 1. The number of aromatic carboxylic acids is 1. The van der Waals surface area contributed by atoms with Gasteiger partial charge in [0.15, 0.2) is 0 Å². The van der Waals surface area contributed by atoms with Crippen molar-refractivity contribution in [3.05, 3.63) is 35.4 Å². The summed E-state index contributed by atoms with van der Waals surface area (Å²) >= 11 is 1.65. The fraction of sp³-hybridized carbons (Fsp3) is 0.500. The van der Waals surface area contributed by atoms with E-state index in [1.54, 1.807) is 23.9 Å². The van der Waals surface area contributed by atoms with Crippen molar-refractivity contribution >= 4 is 23.6 Å². The molecule has 21 heavy (non-hydrogen) atoms. The van der Waals surface area contributed by atoms with E-state index < -0.39 is 5.97 Å². The number of amides is 1. The van der Waals surface area contributed by atoms with Crippen molar-refractivity contribution in [2.45, 2.75) is 19.8 Å². The monoisotopic (exact) mass is 307 g/mol. The van der Waals surface area contributed by atoms with Crippen LogP contribution in [0.2, 0.25) is 0 Å². The van der Waals surface area contributed by atoms with E-state index >= 15 is 0 Å². The summed E-state index contributed by atoms with van der Waals surface area (Å²) in [5.41, 5.74) is 1.25. The highest BCUT2D eigenvalue weighted by Crippen LogP contribution is 2.23. The molecule has 1 aliphatic rings. The van der Waals surface area contributed by atoms with Gasteiger partial charge < -0.3 is 10.0 Å². The van der Waals surface area contributed by atoms with E-state index in [9.17, 15) is 14.7 Å². The molecule has 0 aliphatic carbocycles. The van der Waals surface area contributed by atoms with Gasteiger partial charge in [-0.1, -0.05) is 25.1 Å². The highest BCUT2D eigenvalue weighted by molar-refractivity contribution is 7.99. The van der Waals surface area contributed by atoms with Crippen molar-refractivity contribution in [1.29, 1.82) is 0 Å². The molecule has 1 atom stereocenters. The fourth-order valence-corrected chi connectivity index (χ4v) is 3.29. The second-order valence-electron chi connectivity index (χ2n) is 5.30. The highest BCUT2D eigenvalue weighted by atomic mass is 32.2. The Labute approximate surface area is 129 Å². The van der Waals surface area contributed by atoms with Crippen LogP contribution in [0, 0.1) is 5.92 Å². The summed E-state index contributed by atoms with van der Waals surface area (Å²) in [7, 11) is 0. The Morgan fingerprint density at radius 2 is 2.14 bits per heavy atom. The van der Waals surface area contributed by atoms with Crippen molar-refractivity contribution in [1.82, 2.24) is 4.90 Å². The van der Waals surface area contributed by atoms with Gasteiger partial charge in [0.1, 0.15) is 0 Å². The molecule has 1 N–H and O–H groups in total. The molecule has 1 unspecified atom stereocenters. The molecule has 1 heterocycles. The van der Waals surface area contributed by atoms with Gasteiger partial charge >= 0.3 is 5.97 Å². The third-order valence-corrected chi connectivity index (χ3v) is 4.68. The number of carbonyl (C=O) groups excluding carboxylic acids is 1. The van der Waals surface area contributed by atoms with Gasteiger partial charge in [0.25, 0.3) is 0 Å². The number of rotatable bonds is 6. The molecule has 0 bridgehead atoms. The largest absolute Gasteiger partial charge is 0.478 e. The lowest BCUT2D eigenvalue weighted by Gasteiger charge is -2.16. The first kappa shape index (κ1) is 15.9. The number of carbonyl (C=O) groups is 2. The van der Waals surface area contributed by atoms with Crippen LogP contribution in [-0.4, -0.2) is 46.5 Å². The van der Waals surface area contributed by atoms with E-state index in [0.29, 0.717) is 17.2 Å². The van der Waals surface area contributed by atoms with Crippen molar-refractivity contribution in [2.24, 2.45) is 5.92 Å². The highest BCUT2D eigenvalue weighted by Gasteiger charge is 2.26. The topological polar surface area (TPSA) is 57.6 Å². The third-order valence-electron chi connectivity index (χ3n) is 3.82. The van der Waals surface area contributed by atoms with Crippen LogP contribution in [0.1, 0.15) is 29.3 Å². The summed E-state index contributed by atoms with van der Waals surface area (Å²) < 4.78 is 0. The molecule has 4 nitrogen and oxygen atoms in total. The zero-order valence-electron chi connectivity index (χ0n) is 12.2. The number of benzene rings is 1. The van der Waals surface area contributed by atoms with E-state index in [-0.39, 0.29) is 5.91 Å². The molecular formula is C16H21NO3S. The van der Waals surface area contributed by atoms with Crippen LogP contribution < -0.4 is 0 Å². The second kappa shape index (κ2) is 7.50. The van der Waals surface area contributed by atoms with Gasteiger partial charge in [0.05, 0.1) is 11.3 Å². The van der Waals surface area contributed by atoms with Gasteiger partial charge in [-0.25, -0.2) is 4.79 Å². The standard InChI is InChI=1S/C16H21NO3S/c1-2-21-11-15(18)17-8-7-12(10-17)9-13-5-3-4-6-14(13)16(19)20/h3-6,12H,2,7-11H2,1H3,(H,19,20). The minimum atomic E-state index is -0.879. The average molecular weight is 307 g/mol. The van der Waals surface area contributed by atoms with Crippen molar-refractivity contribution in [2.75, 3.05) is 24.6 Å². The Bertz CT molecular complexity index is 518. The van der Waals surface area contributed by atoms with Gasteiger partial charge in [0.2, 0.25) is 5.91 Å². The maximum absolute atomic E-state index is 12.0. The molecular weight excluding hydrogens is 286 g/mol. The van der Waals surface area contributed by atoms with Gasteiger partial charge in [-0.2, -0.15) is 11.8 Å². The average Bonchev–Trinajstić information content (AvgIpc) is 2.93. The summed E-state index contributed by atoms with van der Waals surface area (Å²) in [6.07, 6.45) is 1.68. The Balaban J connectivity index is 1.94. The van der Waals surface area contributed by atoms with Crippen LogP contribution in [0.15, 0.2) is 24.3 Å². The summed E-state index contributed by atoms with van der Waals surface area (Å²) in [6.45, 7) is 3.59. The molecule has 114 valence electrons. The van der Waals surface area contributed by atoms with Crippen molar-refractivity contribution in [3.8, 4) is 0 Å². The smallest absolute Gasteiger partial charge is 0.335 e. The first-order valence-electron chi connectivity index (χ1n) is 7.28. The van der Waals surface area contributed by atoms with E-state index in [0.717, 1.165) is 37.2 Å². The predicted molar refractivity (Wildman–Crippen MR) is 84.8 cm³/mol. The maximum atomic E-state index is 12.0. The first-order valence-corrected chi connectivity index (χ1v) is 8.44. The minimum Gasteiger partial charge on any atom is -0.478 e. The van der Waals surface area contributed by atoms with Crippen LogP contribution in [0.5, 0.6) is 0 Å². The maximum Gasteiger partial charge on any atom is 0.335 e. The van der Waals surface area contributed by atoms with Crippen LogP contribution >= 0.6 is 11.8 Å². The van der Waals surface area contributed by atoms with Crippen LogP contribution in [0.3, 0.4) is 0 Å². The summed E-state index contributed by atoms with van der Waals surface area (Å²) in [5, 5.41) is 9.21. The number of hydrogen-bond acceptors (Lipinski definition) is 3. The lowest BCUT2D eigenvalue weighted by atomic mass is 9.95. The first-order chi connectivity index (χ1) is 10.1. The minimum absolute atomic E-state index is 0.205. The SMILES string of the molecule is CCSCC(=O)N1CCC(Cc2ccccc2C(=O)O)C1. The Morgan fingerprint density at radius 3 is 2.86 bits per heavy atom. The molecule has 1 aliphatic heterocycles. The number of hydrogen-bond donors (Lipinski definition) is 1. The molecule has 0 spiro atoms. The molecule has 1 aromatic carbocycles. The zero-order valence-corrected chi connectivity index (χ0v) is 13.1. The summed E-state index contributed by atoms with van der Waals surface area (Å²) in [6, 6.07) is 7.14. The van der Waals surface area contributed by atoms with E-state index in [4.69, 9.17) is 0 Å². The molecule has 0 saturated carbocycles. The fourth-order valence-electron chi connectivity index (χ4n) is 2.72. The molecule has 1 fully saturated rings. The molecule has 0 radical (unpaired) electrons. The lowest BCUT2D eigenvalue weighted by molar-refractivity contribution is -0.127. The quantitative estimate of drug-likeness (QED) is 0.877. The number of nitrogens with zero attached hydrogens (tertiary/aromatic N) is 1. The summed E-state index contributed by atoms with van der Waals surface area (Å²) in [5.74, 6) is 1.19. The predicted octanol–water partition coefficient (Wildman–Crippen LogP) is 2.53. The van der Waals surface area contributed by atoms with Gasteiger partial charge in [-0.3, -0.25) is 4.79 Å². The van der Waals surface area contributed by atoms with E-state index in [2.05, 4.69) is 0 Å². The van der Waals surface area contributed by atoms with Crippen LogP contribution in [0.25, 0.3) is 0 Å². The number of carboxylic acid groups (broad SMARTS) is 1. The van der Waals surface area contributed by atoms with Crippen LogP contribution in [-0.2, 0) is 11.2 Å². The second-order valence-corrected chi connectivity index (χ2v) is 6.57. The van der Waals surface area contributed by atoms with Gasteiger partial charge in [0, 0.05) is 13.1 Å². The third kappa shape index (κ3) is 4.24. The Morgan fingerprint density at radius 1 is 1.38 bits per heavy atom. The molecule has 5 heteroatoms. The Hall–Kier alpha value is -1.49. The van der Waals surface area contributed by atoms with Crippen molar-refractivity contribution in [3.63, 3.8) is 0 Å². The number of likely N-dealkylation sites (tertiary alicyclic amines) is 1. The lowest BCUT2D eigenvalue weighted by Crippen LogP contribution is -2.30. The number of carboxylic acids is 1. The van der Waals surface area contributed by atoms with Gasteiger partial charge in [-0.15, -0.1) is 0 Å².